The topological polar surface area (TPSA) is 102 Å². The predicted octanol–water partition coefficient (Wildman–Crippen LogP) is 3.80. The lowest BCUT2D eigenvalue weighted by atomic mass is 10.0. The monoisotopic (exact) mass is 528 g/mol. The molecule has 1 N–H and O–H groups in total. The Balaban J connectivity index is 1.64. The van der Waals surface area contributed by atoms with Crippen molar-refractivity contribution in [1.29, 1.82) is 0 Å². The molecule has 1 saturated heterocycles. The van der Waals surface area contributed by atoms with E-state index in [1.165, 1.54) is 34.0 Å². The molecule has 2 aromatic carbocycles. The molecule has 1 aliphatic rings. The van der Waals surface area contributed by atoms with Gasteiger partial charge < -0.3 is 15.0 Å². The Hall–Kier alpha value is -3.37. The summed E-state index contributed by atoms with van der Waals surface area (Å²) < 4.78 is 19.5. The second-order valence-corrected chi connectivity index (χ2v) is 10.5. The van der Waals surface area contributed by atoms with E-state index in [-0.39, 0.29) is 25.1 Å². The molecule has 1 aromatic heterocycles. The van der Waals surface area contributed by atoms with Gasteiger partial charge in [0.25, 0.3) is 0 Å². The number of hydrogen-bond donors (Lipinski definition) is 1. The molecule has 4 rings (SSSR count). The Morgan fingerprint density at radius 2 is 1.89 bits per heavy atom. The van der Waals surface area contributed by atoms with Crippen LogP contribution in [0.4, 0.5) is 4.39 Å². The second kappa shape index (κ2) is 11.4. The molecule has 2 amide bonds. The van der Waals surface area contributed by atoms with Crippen LogP contribution in [0.1, 0.15) is 45.2 Å². The maximum absolute atomic E-state index is 13.7. The first kappa shape index (κ1) is 26.7. The SMILES string of the molecule is CC(C)(C)NC(=O)[C@@H](c1ccc(F)cc1)N(C[C@H]1CCCO1)C(=O)Cn1nnc(-c2ccc(Cl)cc2)n1. The number of nitrogens with one attached hydrogen (secondary N) is 1. The number of amides is 2. The molecule has 0 unspecified atom stereocenters. The van der Waals surface area contributed by atoms with Crippen LogP contribution < -0.4 is 5.32 Å². The molecule has 0 radical (unpaired) electrons. The molecule has 1 fully saturated rings. The minimum Gasteiger partial charge on any atom is -0.376 e. The molecule has 11 heteroatoms. The van der Waals surface area contributed by atoms with Crippen LogP contribution in [0.25, 0.3) is 11.4 Å². The summed E-state index contributed by atoms with van der Waals surface area (Å²) in [6, 6.07) is 11.5. The Kier molecular flexibility index (Phi) is 8.19. The third-order valence-corrected chi connectivity index (χ3v) is 6.07. The Bertz CT molecular complexity index is 1220. The second-order valence-electron chi connectivity index (χ2n) is 10.0. The highest BCUT2D eigenvalue weighted by molar-refractivity contribution is 6.30. The number of carbonyl (C=O) groups is 2. The largest absolute Gasteiger partial charge is 0.376 e. The first-order valence-electron chi connectivity index (χ1n) is 12.1. The molecular formula is C26H30ClFN6O3. The molecule has 9 nitrogen and oxygen atoms in total. The van der Waals surface area contributed by atoms with Crippen molar-refractivity contribution in [3.05, 3.63) is 64.9 Å². The average molecular weight is 529 g/mol. The molecule has 37 heavy (non-hydrogen) atoms. The van der Waals surface area contributed by atoms with E-state index in [9.17, 15) is 14.0 Å². The zero-order valence-corrected chi connectivity index (χ0v) is 21.8. The minimum absolute atomic E-state index is 0.192. The standard InChI is InChI=1S/C26H30ClFN6O3/c1-26(2,3)29-25(36)23(17-8-12-20(28)13-9-17)33(15-21-5-4-14-37-21)22(35)16-34-31-24(30-32-34)18-6-10-19(27)11-7-18/h6-13,21,23H,4-5,14-16H2,1-3H3,(H,29,36)/t21-,23-/m1/s1. The van der Waals surface area contributed by atoms with Gasteiger partial charge in [0.1, 0.15) is 18.4 Å². The van der Waals surface area contributed by atoms with Gasteiger partial charge in [-0.15, -0.1) is 10.2 Å². The lowest BCUT2D eigenvalue weighted by Gasteiger charge is -2.34. The maximum Gasteiger partial charge on any atom is 0.247 e. The van der Waals surface area contributed by atoms with Crippen molar-refractivity contribution in [3.8, 4) is 11.4 Å². The van der Waals surface area contributed by atoms with Crippen LogP contribution in [-0.4, -0.2) is 61.7 Å². The van der Waals surface area contributed by atoms with E-state index in [4.69, 9.17) is 16.3 Å². The molecular weight excluding hydrogens is 499 g/mol. The van der Waals surface area contributed by atoms with Gasteiger partial charge in [0.05, 0.1) is 6.10 Å². The first-order chi connectivity index (χ1) is 17.6. The van der Waals surface area contributed by atoms with E-state index < -0.39 is 23.3 Å². The highest BCUT2D eigenvalue weighted by Gasteiger charge is 2.36. The summed E-state index contributed by atoms with van der Waals surface area (Å²) in [5, 5.41) is 16.0. The number of tetrazole rings is 1. The van der Waals surface area contributed by atoms with Gasteiger partial charge >= 0.3 is 0 Å². The van der Waals surface area contributed by atoms with Gasteiger partial charge in [-0.2, -0.15) is 4.80 Å². The van der Waals surface area contributed by atoms with Gasteiger partial charge in [-0.3, -0.25) is 9.59 Å². The number of aromatic nitrogens is 4. The quantitative estimate of drug-likeness (QED) is 0.477. The summed E-state index contributed by atoms with van der Waals surface area (Å²) in [6.07, 6.45) is 1.42. The van der Waals surface area contributed by atoms with Gasteiger partial charge in [0.15, 0.2) is 0 Å². The van der Waals surface area contributed by atoms with Crippen LogP contribution >= 0.6 is 11.6 Å². The van der Waals surface area contributed by atoms with Gasteiger partial charge in [0, 0.05) is 29.3 Å². The number of nitrogens with zero attached hydrogens (tertiary/aromatic N) is 5. The van der Waals surface area contributed by atoms with Crippen molar-refractivity contribution in [2.45, 2.75) is 57.8 Å². The smallest absolute Gasteiger partial charge is 0.247 e. The van der Waals surface area contributed by atoms with E-state index in [0.29, 0.717) is 28.6 Å². The zero-order valence-electron chi connectivity index (χ0n) is 21.0. The van der Waals surface area contributed by atoms with Crippen LogP contribution in [0, 0.1) is 5.82 Å². The van der Waals surface area contributed by atoms with Crippen LogP contribution in [0.2, 0.25) is 5.02 Å². The fraction of sp³-hybridized carbons (Fsp3) is 0.423. The lowest BCUT2D eigenvalue weighted by molar-refractivity contribution is -0.144. The zero-order chi connectivity index (χ0) is 26.6. The van der Waals surface area contributed by atoms with E-state index in [1.807, 2.05) is 20.8 Å². The van der Waals surface area contributed by atoms with Crippen molar-refractivity contribution >= 4 is 23.4 Å². The van der Waals surface area contributed by atoms with Crippen LogP contribution in [0.3, 0.4) is 0 Å². The molecule has 2 heterocycles. The third-order valence-electron chi connectivity index (χ3n) is 5.82. The maximum atomic E-state index is 13.7. The normalized spacial score (nSPS) is 16.4. The molecule has 0 saturated carbocycles. The summed E-state index contributed by atoms with van der Waals surface area (Å²) in [7, 11) is 0. The van der Waals surface area contributed by atoms with Crippen molar-refractivity contribution in [2.75, 3.05) is 13.2 Å². The Morgan fingerprint density at radius 3 is 2.51 bits per heavy atom. The van der Waals surface area contributed by atoms with Crippen molar-refractivity contribution in [1.82, 2.24) is 30.4 Å². The number of rotatable bonds is 8. The number of carbonyl (C=O) groups excluding carboxylic acids is 2. The Morgan fingerprint density at radius 1 is 1.19 bits per heavy atom. The van der Waals surface area contributed by atoms with Crippen LogP contribution in [0.5, 0.6) is 0 Å². The molecule has 0 spiro atoms. The molecule has 1 aliphatic heterocycles. The van der Waals surface area contributed by atoms with Gasteiger partial charge in [-0.25, -0.2) is 4.39 Å². The predicted molar refractivity (Wildman–Crippen MR) is 136 cm³/mol. The van der Waals surface area contributed by atoms with Gasteiger partial charge in [-0.1, -0.05) is 23.7 Å². The molecule has 0 aliphatic carbocycles. The van der Waals surface area contributed by atoms with Crippen molar-refractivity contribution in [3.63, 3.8) is 0 Å². The Labute approximate surface area is 219 Å². The third kappa shape index (κ3) is 7.11. The lowest BCUT2D eigenvalue weighted by Crippen LogP contribution is -2.51. The molecule has 0 bridgehead atoms. The highest BCUT2D eigenvalue weighted by Crippen LogP contribution is 2.26. The van der Waals surface area contributed by atoms with Gasteiger partial charge in [-0.05, 0) is 80.8 Å². The summed E-state index contributed by atoms with van der Waals surface area (Å²) in [5.41, 5.74) is 0.644. The summed E-state index contributed by atoms with van der Waals surface area (Å²) in [4.78, 5) is 29.9. The molecule has 196 valence electrons. The summed E-state index contributed by atoms with van der Waals surface area (Å²) in [6.45, 7) is 6.12. The van der Waals surface area contributed by atoms with E-state index in [2.05, 4.69) is 20.7 Å². The number of benzene rings is 2. The van der Waals surface area contributed by atoms with E-state index in [0.717, 1.165) is 12.8 Å². The average Bonchev–Trinajstić information content (AvgIpc) is 3.51. The fourth-order valence-corrected chi connectivity index (χ4v) is 4.28. The number of halogens is 2. The molecule has 3 aromatic rings. The highest BCUT2D eigenvalue weighted by atomic mass is 35.5. The van der Waals surface area contributed by atoms with Crippen LogP contribution in [-0.2, 0) is 20.9 Å². The first-order valence-corrected chi connectivity index (χ1v) is 12.5. The van der Waals surface area contributed by atoms with E-state index >= 15 is 0 Å². The summed E-state index contributed by atoms with van der Waals surface area (Å²) >= 11 is 5.96. The summed E-state index contributed by atoms with van der Waals surface area (Å²) in [5.74, 6) is -0.860. The van der Waals surface area contributed by atoms with Gasteiger partial charge in [0.2, 0.25) is 17.6 Å². The minimum atomic E-state index is -1.00. The van der Waals surface area contributed by atoms with Crippen molar-refractivity contribution in [2.24, 2.45) is 0 Å². The number of ether oxygens (including phenoxy) is 1. The fourth-order valence-electron chi connectivity index (χ4n) is 4.15. The van der Waals surface area contributed by atoms with Crippen LogP contribution in [0.15, 0.2) is 48.5 Å². The van der Waals surface area contributed by atoms with Crippen molar-refractivity contribution < 1.29 is 18.7 Å². The number of hydrogen-bond acceptors (Lipinski definition) is 6. The van der Waals surface area contributed by atoms with E-state index in [1.54, 1.807) is 24.3 Å². The molecule has 2 atom stereocenters.